The molecule has 1 heterocycles. The highest BCUT2D eigenvalue weighted by molar-refractivity contribution is 5.95. The Balaban J connectivity index is 1.80. The molecule has 0 radical (unpaired) electrons. The van der Waals surface area contributed by atoms with Gasteiger partial charge in [0.25, 0.3) is 5.91 Å². The van der Waals surface area contributed by atoms with E-state index in [4.69, 9.17) is 9.47 Å². The second-order valence-corrected chi connectivity index (χ2v) is 5.54. The molecule has 2 aromatic rings. The first-order chi connectivity index (χ1) is 10.6. The Morgan fingerprint density at radius 2 is 1.68 bits per heavy atom. The molecule has 0 bridgehead atoms. The first kappa shape index (κ1) is 14.4. The van der Waals surface area contributed by atoms with Gasteiger partial charge in [-0.25, -0.2) is 0 Å². The monoisotopic (exact) mass is 297 g/mol. The fourth-order valence-electron chi connectivity index (χ4n) is 2.50. The zero-order valence-corrected chi connectivity index (χ0v) is 12.9. The van der Waals surface area contributed by atoms with Gasteiger partial charge in [0.05, 0.1) is 0 Å². The van der Waals surface area contributed by atoms with Crippen molar-refractivity contribution in [1.29, 1.82) is 0 Å². The number of para-hydroxylation sites is 2. The average molecular weight is 297 g/mol. The fourth-order valence-corrected chi connectivity index (χ4v) is 2.50. The highest BCUT2D eigenvalue weighted by Gasteiger charge is 2.34. The quantitative estimate of drug-likeness (QED) is 0.923. The van der Waals surface area contributed by atoms with Crippen LogP contribution in [0.2, 0.25) is 0 Å². The summed E-state index contributed by atoms with van der Waals surface area (Å²) in [6.07, 6.45) is -1.02. The average Bonchev–Trinajstić information content (AvgIpc) is 2.51. The molecule has 3 rings (SSSR count). The number of fused-ring (bicyclic) bond motifs is 1. The Morgan fingerprint density at radius 1 is 1.00 bits per heavy atom. The third-order valence-corrected chi connectivity index (χ3v) is 3.96. The van der Waals surface area contributed by atoms with Crippen LogP contribution in [-0.2, 0) is 4.79 Å². The van der Waals surface area contributed by atoms with Gasteiger partial charge in [-0.2, -0.15) is 0 Å². The maximum Gasteiger partial charge on any atom is 0.269 e. The summed E-state index contributed by atoms with van der Waals surface area (Å²) in [6.45, 7) is 5.84. The molecular formula is C18H19NO3. The minimum Gasteiger partial charge on any atom is -0.482 e. The lowest BCUT2D eigenvalue weighted by Crippen LogP contribution is -2.46. The molecule has 0 aromatic heterocycles. The van der Waals surface area contributed by atoms with Crippen LogP contribution in [-0.4, -0.2) is 18.1 Å². The van der Waals surface area contributed by atoms with Gasteiger partial charge in [0.1, 0.15) is 6.10 Å². The van der Waals surface area contributed by atoms with Gasteiger partial charge in [0.15, 0.2) is 11.5 Å². The van der Waals surface area contributed by atoms with Crippen LogP contribution in [0, 0.1) is 13.8 Å². The van der Waals surface area contributed by atoms with E-state index in [1.165, 1.54) is 0 Å². The zero-order chi connectivity index (χ0) is 15.7. The van der Waals surface area contributed by atoms with Gasteiger partial charge in [-0.1, -0.05) is 24.3 Å². The lowest BCUT2D eigenvalue weighted by Gasteiger charge is -2.31. The van der Waals surface area contributed by atoms with E-state index in [1.54, 1.807) is 6.07 Å². The van der Waals surface area contributed by atoms with E-state index in [0.717, 1.165) is 16.8 Å². The van der Waals surface area contributed by atoms with E-state index in [9.17, 15) is 4.79 Å². The Bertz CT molecular complexity index is 711. The Morgan fingerprint density at radius 3 is 2.41 bits per heavy atom. The summed E-state index contributed by atoms with van der Waals surface area (Å²) in [6, 6.07) is 13.2. The summed E-state index contributed by atoms with van der Waals surface area (Å²) in [7, 11) is 0. The lowest BCUT2D eigenvalue weighted by atomic mass is 10.1. The first-order valence-electron chi connectivity index (χ1n) is 7.35. The minimum absolute atomic E-state index is 0.198. The summed E-state index contributed by atoms with van der Waals surface area (Å²) < 4.78 is 11.6. The number of carbonyl (C=O) groups excluding carboxylic acids is 1. The predicted molar refractivity (Wildman–Crippen MR) is 85.5 cm³/mol. The van der Waals surface area contributed by atoms with Gasteiger partial charge in [-0.15, -0.1) is 0 Å². The molecule has 0 spiro atoms. The van der Waals surface area contributed by atoms with Crippen LogP contribution in [0.25, 0.3) is 0 Å². The molecule has 2 aromatic carbocycles. The molecule has 1 amide bonds. The maximum absolute atomic E-state index is 12.5. The van der Waals surface area contributed by atoms with E-state index in [1.807, 2.05) is 57.2 Å². The van der Waals surface area contributed by atoms with Crippen molar-refractivity contribution in [3.63, 3.8) is 0 Å². The van der Waals surface area contributed by atoms with Crippen molar-refractivity contribution in [2.24, 2.45) is 0 Å². The largest absolute Gasteiger partial charge is 0.482 e. The van der Waals surface area contributed by atoms with Crippen LogP contribution < -0.4 is 14.8 Å². The number of hydrogen-bond donors (Lipinski definition) is 1. The number of nitrogens with one attached hydrogen (secondary N) is 1. The van der Waals surface area contributed by atoms with E-state index in [2.05, 4.69) is 5.32 Å². The molecule has 0 fully saturated rings. The Hall–Kier alpha value is -2.49. The van der Waals surface area contributed by atoms with Gasteiger partial charge in [-0.3, -0.25) is 4.79 Å². The highest BCUT2D eigenvalue weighted by atomic mass is 16.6. The molecule has 4 nitrogen and oxygen atoms in total. The molecule has 0 saturated carbocycles. The molecule has 0 aliphatic carbocycles. The lowest BCUT2D eigenvalue weighted by molar-refractivity contribution is -0.128. The minimum atomic E-state index is -0.671. The molecule has 22 heavy (non-hydrogen) atoms. The summed E-state index contributed by atoms with van der Waals surface area (Å²) in [5.74, 6) is 1.07. The van der Waals surface area contributed by atoms with Gasteiger partial charge >= 0.3 is 0 Å². The van der Waals surface area contributed by atoms with Gasteiger partial charge in [0, 0.05) is 5.69 Å². The topological polar surface area (TPSA) is 47.6 Å². The molecule has 0 saturated heterocycles. The zero-order valence-electron chi connectivity index (χ0n) is 12.9. The first-order valence-corrected chi connectivity index (χ1v) is 7.35. The maximum atomic E-state index is 12.5. The second kappa shape index (κ2) is 5.72. The molecule has 1 aliphatic heterocycles. The summed E-state index contributed by atoms with van der Waals surface area (Å²) in [5.41, 5.74) is 3.00. The van der Waals surface area contributed by atoms with Crippen LogP contribution in [0.5, 0.6) is 11.5 Å². The number of aryl methyl sites for hydroxylation is 1. The van der Waals surface area contributed by atoms with Crippen LogP contribution in [0.1, 0.15) is 18.1 Å². The van der Waals surface area contributed by atoms with Crippen molar-refractivity contribution < 1.29 is 14.3 Å². The molecule has 4 heteroatoms. The van der Waals surface area contributed by atoms with Gasteiger partial charge < -0.3 is 14.8 Å². The molecule has 114 valence electrons. The number of anilines is 1. The molecular weight excluding hydrogens is 278 g/mol. The van der Waals surface area contributed by atoms with Crippen LogP contribution in [0.15, 0.2) is 42.5 Å². The van der Waals surface area contributed by atoms with Crippen molar-refractivity contribution in [3.05, 3.63) is 53.6 Å². The molecule has 1 aliphatic rings. The van der Waals surface area contributed by atoms with Gasteiger partial charge in [0.2, 0.25) is 6.10 Å². The van der Waals surface area contributed by atoms with E-state index in [-0.39, 0.29) is 12.0 Å². The van der Waals surface area contributed by atoms with Crippen molar-refractivity contribution in [2.45, 2.75) is 33.0 Å². The Kier molecular flexibility index (Phi) is 3.75. The third kappa shape index (κ3) is 2.64. The standard InChI is InChI=1S/C18H19NO3/c1-11-7-6-8-14(12(11)2)19-18(20)17-13(3)21-15-9-4-5-10-16(15)22-17/h4-10,13,17H,1-3H3,(H,19,20). The van der Waals surface area contributed by atoms with Crippen molar-refractivity contribution in [2.75, 3.05) is 5.32 Å². The van der Waals surface area contributed by atoms with Crippen LogP contribution in [0.3, 0.4) is 0 Å². The summed E-state index contributed by atoms with van der Waals surface area (Å²) >= 11 is 0. The third-order valence-electron chi connectivity index (χ3n) is 3.96. The fraction of sp³-hybridized carbons (Fsp3) is 0.278. The highest BCUT2D eigenvalue weighted by Crippen LogP contribution is 2.33. The predicted octanol–water partition coefficient (Wildman–Crippen LogP) is 3.47. The van der Waals surface area contributed by atoms with Gasteiger partial charge in [-0.05, 0) is 50.1 Å². The normalized spacial score (nSPS) is 19.6. The number of benzene rings is 2. The number of rotatable bonds is 2. The van der Waals surface area contributed by atoms with E-state index in [0.29, 0.717) is 11.5 Å². The molecule has 2 atom stereocenters. The number of amides is 1. The van der Waals surface area contributed by atoms with Crippen LogP contribution >= 0.6 is 0 Å². The SMILES string of the molecule is Cc1cccc(NC(=O)C2Oc3ccccc3OC2C)c1C. The molecule has 2 unspecified atom stereocenters. The van der Waals surface area contributed by atoms with Crippen molar-refractivity contribution >= 4 is 11.6 Å². The van der Waals surface area contributed by atoms with E-state index < -0.39 is 6.10 Å². The number of hydrogen-bond acceptors (Lipinski definition) is 3. The smallest absolute Gasteiger partial charge is 0.269 e. The van der Waals surface area contributed by atoms with Crippen molar-refractivity contribution in [3.8, 4) is 11.5 Å². The van der Waals surface area contributed by atoms with E-state index >= 15 is 0 Å². The second-order valence-electron chi connectivity index (χ2n) is 5.54. The van der Waals surface area contributed by atoms with Crippen LogP contribution in [0.4, 0.5) is 5.69 Å². The molecule has 1 N–H and O–H groups in total. The summed E-state index contributed by atoms with van der Waals surface area (Å²) in [5, 5.41) is 2.94. The number of carbonyl (C=O) groups is 1. The Labute approximate surface area is 130 Å². The van der Waals surface area contributed by atoms with Crippen molar-refractivity contribution in [1.82, 2.24) is 0 Å². The summed E-state index contributed by atoms with van der Waals surface area (Å²) in [4.78, 5) is 12.5. The number of ether oxygens (including phenoxy) is 2.